The number of carboxylic acid groups (broad SMARTS) is 1. The summed E-state index contributed by atoms with van der Waals surface area (Å²) in [5.41, 5.74) is -6.07. The summed E-state index contributed by atoms with van der Waals surface area (Å²) in [6.45, 7) is 0. The number of carbonyl (C=O) groups excluding carboxylic acids is 1. The molecule has 12 heteroatoms. The summed E-state index contributed by atoms with van der Waals surface area (Å²) in [7, 11) is 0. The van der Waals surface area contributed by atoms with Crippen LogP contribution < -0.4 is 5.32 Å². The first-order valence-electron chi connectivity index (χ1n) is 6.38. The van der Waals surface area contributed by atoms with Crippen LogP contribution in [-0.4, -0.2) is 22.0 Å². The van der Waals surface area contributed by atoms with Crippen LogP contribution in [0.1, 0.15) is 26.3 Å². The van der Waals surface area contributed by atoms with Crippen molar-refractivity contribution in [3.8, 4) is 0 Å². The highest BCUT2D eigenvalue weighted by molar-refractivity contribution is 6.10. The number of hydrogen-bond acceptors (Lipinski definition) is 3. The number of anilines is 1. The number of amides is 1. The molecule has 2 rings (SSSR count). The van der Waals surface area contributed by atoms with Crippen molar-refractivity contribution in [3.63, 3.8) is 0 Å². The molecule has 26 heavy (non-hydrogen) atoms. The molecule has 1 heterocycles. The van der Waals surface area contributed by atoms with Crippen LogP contribution in [0.25, 0.3) is 0 Å². The van der Waals surface area contributed by atoms with Crippen molar-refractivity contribution in [2.45, 2.75) is 6.18 Å². The minimum atomic E-state index is -5.74. The first-order chi connectivity index (χ1) is 12.0. The molecule has 0 bridgehead atoms. The standard InChI is InChI=1S/C14H5F7N2O3/c15-7-6(14(19,20)21)8(16)10(18)11(9(7)17)23-12(24)4-1-2-22-3-5(4)13(25)26/h1-3H,(H,23,24)(H,25,26). The molecule has 1 aromatic carbocycles. The third-order valence-corrected chi connectivity index (χ3v) is 3.08. The van der Waals surface area contributed by atoms with E-state index in [9.17, 15) is 40.3 Å². The van der Waals surface area contributed by atoms with Crippen LogP contribution in [0.2, 0.25) is 0 Å². The van der Waals surface area contributed by atoms with Crippen molar-refractivity contribution >= 4 is 17.6 Å². The maximum Gasteiger partial charge on any atom is 0.422 e. The van der Waals surface area contributed by atoms with Crippen LogP contribution in [0.5, 0.6) is 0 Å². The van der Waals surface area contributed by atoms with E-state index in [0.29, 0.717) is 6.20 Å². The van der Waals surface area contributed by atoms with Crippen LogP contribution in [0, 0.1) is 23.3 Å². The fraction of sp³-hybridized carbons (Fsp3) is 0.0714. The van der Waals surface area contributed by atoms with Gasteiger partial charge in [0.15, 0.2) is 23.3 Å². The number of nitrogens with zero attached hydrogens (tertiary/aromatic N) is 1. The second-order valence-corrected chi connectivity index (χ2v) is 4.68. The first-order valence-corrected chi connectivity index (χ1v) is 6.38. The van der Waals surface area contributed by atoms with Crippen molar-refractivity contribution in [1.29, 1.82) is 0 Å². The average Bonchev–Trinajstić information content (AvgIpc) is 2.55. The van der Waals surface area contributed by atoms with Crippen LogP contribution in [0.4, 0.5) is 36.4 Å². The van der Waals surface area contributed by atoms with E-state index in [1.54, 1.807) is 0 Å². The van der Waals surface area contributed by atoms with Crippen LogP contribution in [-0.2, 0) is 6.18 Å². The summed E-state index contributed by atoms with van der Waals surface area (Å²) in [6.07, 6.45) is -4.10. The molecule has 0 radical (unpaired) electrons. The number of halogens is 7. The second-order valence-electron chi connectivity index (χ2n) is 4.68. The number of pyridine rings is 1. The fourth-order valence-electron chi connectivity index (χ4n) is 1.93. The van der Waals surface area contributed by atoms with Gasteiger partial charge in [-0.1, -0.05) is 0 Å². The number of aromatic carboxylic acids is 1. The summed E-state index contributed by atoms with van der Waals surface area (Å²) in [5, 5.41) is 10.2. The fourth-order valence-corrected chi connectivity index (χ4v) is 1.93. The van der Waals surface area contributed by atoms with E-state index in [4.69, 9.17) is 5.11 Å². The average molecular weight is 382 g/mol. The first kappa shape index (κ1) is 19.1. The summed E-state index contributed by atoms with van der Waals surface area (Å²) >= 11 is 0. The van der Waals surface area contributed by atoms with Gasteiger partial charge in [0.05, 0.1) is 11.1 Å². The Labute approximate surface area is 139 Å². The maximum atomic E-state index is 13.7. The van der Waals surface area contributed by atoms with Gasteiger partial charge in [-0.3, -0.25) is 9.78 Å². The number of nitrogens with one attached hydrogen (secondary N) is 1. The minimum Gasteiger partial charge on any atom is -0.478 e. The molecule has 0 aliphatic carbocycles. The molecule has 1 amide bonds. The van der Waals surface area contributed by atoms with E-state index >= 15 is 0 Å². The molecule has 0 aliphatic heterocycles. The third kappa shape index (κ3) is 3.30. The Balaban J connectivity index is 2.55. The van der Waals surface area contributed by atoms with Gasteiger partial charge in [0.1, 0.15) is 11.3 Å². The van der Waals surface area contributed by atoms with Gasteiger partial charge in [-0.15, -0.1) is 0 Å². The Morgan fingerprint density at radius 2 is 1.50 bits per heavy atom. The molecule has 0 unspecified atom stereocenters. The van der Waals surface area contributed by atoms with Crippen molar-refractivity contribution in [2.24, 2.45) is 0 Å². The molecule has 0 aliphatic rings. The Morgan fingerprint density at radius 1 is 0.962 bits per heavy atom. The molecule has 0 spiro atoms. The Bertz CT molecular complexity index is 883. The lowest BCUT2D eigenvalue weighted by Crippen LogP contribution is -2.21. The molecule has 0 saturated heterocycles. The topological polar surface area (TPSA) is 79.3 Å². The highest BCUT2D eigenvalue weighted by Crippen LogP contribution is 2.38. The van der Waals surface area contributed by atoms with Gasteiger partial charge < -0.3 is 10.4 Å². The van der Waals surface area contributed by atoms with Gasteiger partial charge in [0.2, 0.25) is 0 Å². The molecule has 138 valence electrons. The van der Waals surface area contributed by atoms with Gasteiger partial charge in [-0.05, 0) is 6.07 Å². The molecular weight excluding hydrogens is 377 g/mol. The molecule has 2 aromatic rings. The van der Waals surface area contributed by atoms with E-state index < -0.39 is 63.7 Å². The van der Waals surface area contributed by atoms with Crippen molar-refractivity contribution in [2.75, 3.05) is 5.32 Å². The molecule has 0 saturated carbocycles. The molecule has 0 atom stereocenters. The smallest absolute Gasteiger partial charge is 0.422 e. The van der Waals surface area contributed by atoms with Gasteiger partial charge in [-0.25, -0.2) is 22.4 Å². The molecule has 5 nitrogen and oxygen atoms in total. The summed E-state index contributed by atoms with van der Waals surface area (Å²) in [5.74, 6) is -13.7. The Kier molecular flexibility index (Phi) is 4.87. The summed E-state index contributed by atoms with van der Waals surface area (Å²) in [6, 6.07) is 0.811. The van der Waals surface area contributed by atoms with Gasteiger partial charge in [-0.2, -0.15) is 13.2 Å². The second kappa shape index (κ2) is 6.61. The molecule has 2 N–H and O–H groups in total. The van der Waals surface area contributed by atoms with Crippen LogP contribution in [0.15, 0.2) is 18.5 Å². The predicted molar refractivity (Wildman–Crippen MR) is 70.4 cm³/mol. The van der Waals surface area contributed by atoms with E-state index in [1.807, 2.05) is 0 Å². The zero-order valence-electron chi connectivity index (χ0n) is 12.1. The number of benzene rings is 1. The number of aromatic nitrogens is 1. The monoisotopic (exact) mass is 382 g/mol. The SMILES string of the molecule is O=C(O)c1cnccc1C(=O)Nc1c(F)c(F)c(C(F)(F)F)c(F)c1F. The zero-order chi connectivity index (χ0) is 19.8. The number of carbonyl (C=O) groups is 2. The van der Waals surface area contributed by atoms with Gasteiger partial charge >= 0.3 is 12.1 Å². The lowest BCUT2D eigenvalue weighted by atomic mass is 10.1. The molecular formula is C14H5F7N2O3. The van der Waals surface area contributed by atoms with Crippen LogP contribution >= 0.6 is 0 Å². The minimum absolute atomic E-state index is 0.702. The van der Waals surface area contributed by atoms with Crippen molar-refractivity contribution < 1.29 is 45.4 Å². The summed E-state index contributed by atoms with van der Waals surface area (Å²) < 4.78 is 92.0. The van der Waals surface area contributed by atoms with E-state index in [1.165, 1.54) is 5.32 Å². The van der Waals surface area contributed by atoms with Gasteiger partial charge in [0, 0.05) is 12.4 Å². The van der Waals surface area contributed by atoms with Crippen molar-refractivity contribution in [3.05, 3.63) is 58.4 Å². The molecule has 0 fully saturated rings. The third-order valence-electron chi connectivity index (χ3n) is 3.08. The summed E-state index contributed by atoms with van der Waals surface area (Å²) in [4.78, 5) is 26.3. The van der Waals surface area contributed by atoms with Crippen molar-refractivity contribution in [1.82, 2.24) is 4.98 Å². The largest absolute Gasteiger partial charge is 0.478 e. The lowest BCUT2D eigenvalue weighted by molar-refractivity contribution is -0.143. The zero-order valence-corrected chi connectivity index (χ0v) is 12.1. The highest BCUT2D eigenvalue weighted by Gasteiger charge is 2.42. The quantitative estimate of drug-likeness (QED) is 0.628. The normalized spacial score (nSPS) is 11.3. The van der Waals surface area contributed by atoms with E-state index in [-0.39, 0.29) is 0 Å². The van der Waals surface area contributed by atoms with Gasteiger partial charge in [0.25, 0.3) is 5.91 Å². The lowest BCUT2D eigenvalue weighted by Gasteiger charge is -2.15. The Morgan fingerprint density at radius 3 is 1.96 bits per heavy atom. The van der Waals surface area contributed by atoms with E-state index in [0.717, 1.165) is 12.3 Å². The highest BCUT2D eigenvalue weighted by atomic mass is 19.4. The number of carboxylic acids is 1. The Hall–Kier alpha value is -3.18. The number of alkyl halides is 3. The maximum absolute atomic E-state index is 13.7. The predicted octanol–water partition coefficient (Wildman–Crippen LogP) is 3.61. The number of rotatable bonds is 3. The van der Waals surface area contributed by atoms with E-state index in [2.05, 4.69) is 4.98 Å². The number of hydrogen-bond donors (Lipinski definition) is 2. The van der Waals surface area contributed by atoms with Crippen LogP contribution in [0.3, 0.4) is 0 Å². The molecule has 1 aromatic heterocycles.